The molecule has 6 heteroatoms. The second kappa shape index (κ2) is 6.31. The Morgan fingerprint density at radius 3 is 2.57 bits per heavy atom. The van der Waals surface area contributed by atoms with Crippen LogP contribution in [-0.2, 0) is 0 Å². The Kier molecular flexibility index (Phi) is 4.26. The maximum atomic E-state index is 9.67. The van der Waals surface area contributed by atoms with E-state index < -0.39 is 0 Å². The molecule has 0 spiro atoms. The van der Waals surface area contributed by atoms with Crippen molar-refractivity contribution in [1.29, 1.82) is 0 Å². The fourth-order valence-corrected chi connectivity index (χ4v) is 2.75. The lowest BCUT2D eigenvalue weighted by Gasteiger charge is -1.95. The SMILES string of the molecule is Oc1ccccc1/C=N/c1nnc(-c2ccc(I)cc2)s1. The lowest BCUT2D eigenvalue weighted by Crippen LogP contribution is -1.80. The third-order valence-corrected chi connectivity index (χ3v) is 4.36. The van der Waals surface area contributed by atoms with E-state index in [9.17, 15) is 5.11 Å². The van der Waals surface area contributed by atoms with Crippen LogP contribution >= 0.6 is 33.9 Å². The predicted octanol–water partition coefficient (Wildman–Crippen LogP) is 4.27. The van der Waals surface area contributed by atoms with Crippen LogP contribution in [-0.4, -0.2) is 21.5 Å². The van der Waals surface area contributed by atoms with Crippen LogP contribution in [0.4, 0.5) is 5.13 Å². The van der Waals surface area contributed by atoms with Crippen LogP contribution in [0.5, 0.6) is 5.75 Å². The molecule has 1 N–H and O–H groups in total. The van der Waals surface area contributed by atoms with Crippen molar-refractivity contribution in [3.63, 3.8) is 0 Å². The highest BCUT2D eigenvalue weighted by molar-refractivity contribution is 14.1. The molecule has 3 aromatic rings. The zero-order valence-electron chi connectivity index (χ0n) is 10.8. The van der Waals surface area contributed by atoms with Gasteiger partial charge in [-0.25, -0.2) is 4.99 Å². The van der Waals surface area contributed by atoms with Crippen molar-refractivity contribution in [2.45, 2.75) is 0 Å². The van der Waals surface area contributed by atoms with Crippen molar-refractivity contribution in [1.82, 2.24) is 10.2 Å². The highest BCUT2D eigenvalue weighted by Crippen LogP contribution is 2.28. The second-order valence-electron chi connectivity index (χ2n) is 4.21. The number of nitrogens with zero attached hydrogens (tertiary/aromatic N) is 3. The lowest BCUT2D eigenvalue weighted by atomic mass is 10.2. The van der Waals surface area contributed by atoms with Crippen molar-refractivity contribution < 1.29 is 5.11 Å². The fraction of sp³-hybridized carbons (Fsp3) is 0. The molecule has 0 saturated carbocycles. The normalized spacial score (nSPS) is 11.1. The van der Waals surface area contributed by atoms with Crippen LogP contribution in [0, 0.1) is 3.57 Å². The number of rotatable bonds is 3. The number of para-hydroxylation sites is 1. The third kappa shape index (κ3) is 3.45. The number of halogens is 1. The van der Waals surface area contributed by atoms with Gasteiger partial charge in [-0.1, -0.05) is 35.6 Å². The van der Waals surface area contributed by atoms with Gasteiger partial charge in [-0.3, -0.25) is 0 Å². The Balaban J connectivity index is 1.82. The van der Waals surface area contributed by atoms with Gasteiger partial charge in [-0.2, -0.15) is 0 Å². The summed E-state index contributed by atoms with van der Waals surface area (Å²) in [5.74, 6) is 0.198. The summed E-state index contributed by atoms with van der Waals surface area (Å²) in [5.41, 5.74) is 1.68. The van der Waals surface area contributed by atoms with Crippen LogP contribution in [0.2, 0.25) is 0 Å². The van der Waals surface area contributed by atoms with Gasteiger partial charge >= 0.3 is 0 Å². The van der Waals surface area contributed by atoms with Crippen molar-refractivity contribution in [3.05, 3.63) is 57.7 Å². The van der Waals surface area contributed by atoms with Crippen LogP contribution in [0.25, 0.3) is 10.6 Å². The summed E-state index contributed by atoms with van der Waals surface area (Å²) in [6.07, 6.45) is 1.59. The minimum atomic E-state index is 0.198. The van der Waals surface area contributed by atoms with Gasteiger partial charge in [0.05, 0.1) is 0 Å². The Labute approximate surface area is 139 Å². The van der Waals surface area contributed by atoms with Crippen LogP contribution in [0.15, 0.2) is 53.5 Å². The molecule has 0 aliphatic carbocycles. The van der Waals surface area contributed by atoms with Gasteiger partial charge in [-0.05, 0) is 46.9 Å². The van der Waals surface area contributed by atoms with Crippen LogP contribution in [0.3, 0.4) is 0 Å². The fourth-order valence-electron chi connectivity index (χ4n) is 1.70. The van der Waals surface area contributed by atoms with Crippen LogP contribution < -0.4 is 0 Å². The minimum Gasteiger partial charge on any atom is -0.507 e. The molecule has 1 aromatic heterocycles. The first kappa shape index (κ1) is 14.2. The molecule has 0 aliphatic rings. The molecular weight excluding hydrogens is 397 g/mol. The quantitative estimate of drug-likeness (QED) is 0.521. The van der Waals surface area contributed by atoms with E-state index in [1.165, 1.54) is 14.9 Å². The zero-order chi connectivity index (χ0) is 14.7. The van der Waals surface area contributed by atoms with Crippen molar-refractivity contribution in [2.75, 3.05) is 0 Å². The molecule has 0 atom stereocenters. The number of aromatic nitrogens is 2. The summed E-state index contributed by atoms with van der Waals surface area (Å²) in [4.78, 5) is 4.26. The first-order chi connectivity index (χ1) is 10.2. The van der Waals surface area contributed by atoms with Gasteiger partial charge in [0, 0.05) is 20.9 Å². The first-order valence-electron chi connectivity index (χ1n) is 6.14. The van der Waals surface area contributed by atoms with Gasteiger partial charge < -0.3 is 5.11 Å². The molecule has 21 heavy (non-hydrogen) atoms. The molecule has 104 valence electrons. The minimum absolute atomic E-state index is 0.198. The average Bonchev–Trinajstić information content (AvgIpc) is 2.96. The molecule has 4 nitrogen and oxygen atoms in total. The number of hydrogen-bond acceptors (Lipinski definition) is 5. The number of phenols is 1. The topological polar surface area (TPSA) is 58.4 Å². The monoisotopic (exact) mass is 407 g/mol. The Morgan fingerprint density at radius 2 is 1.81 bits per heavy atom. The number of aliphatic imine (C=N–C) groups is 1. The van der Waals surface area contributed by atoms with Gasteiger partial charge in [0.15, 0.2) is 0 Å². The molecule has 0 amide bonds. The maximum absolute atomic E-state index is 9.67. The highest BCUT2D eigenvalue weighted by atomic mass is 127. The maximum Gasteiger partial charge on any atom is 0.231 e. The summed E-state index contributed by atoms with van der Waals surface area (Å²) < 4.78 is 1.18. The van der Waals surface area contributed by atoms with E-state index in [-0.39, 0.29) is 5.75 Å². The molecule has 1 heterocycles. The van der Waals surface area contributed by atoms with Gasteiger partial charge in [0.25, 0.3) is 0 Å². The Morgan fingerprint density at radius 1 is 1.05 bits per heavy atom. The summed E-state index contributed by atoms with van der Waals surface area (Å²) in [5, 5.41) is 19.3. The van der Waals surface area contributed by atoms with Crippen molar-refractivity contribution in [3.8, 4) is 16.3 Å². The van der Waals surface area contributed by atoms with E-state index in [4.69, 9.17) is 0 Å². The zero-order valence-corrected chi connectivity index (χ0v) is 13.7. The predicted molar refractivity (Wildman–Crippen MR) is 93.4 cm³/mol. The van der Waals surface area contributed by atoms with Crippen molar-refractivity contribution in [2.24, 2.45) is 4.99 Å². The standard InChI is InChI=1S/C15H10IN3OS/c16-12-7-5-10(6-8-12)14-18-19-15(21-14)17-9-11-3-1-2-4-13(11)20/h1-9,20H/b17-9+. The largest absolute Gasteiger partial charge is 0.507 e. The second-order valence-corrected chi connectivity index (χ2v) is 6.42. The first-order valence-corrected chi connectivity index (χ1v) is 8.03. The Bertz CT molecular complexity index is 784. The van der Waals surface area contributed by atoms with E-state index >= 15 is 0 Å². The van der Waals surface area contributed by atoms with E-state index in [0.29, 0.717) is 10.7 Å². The third-order valence-electron chi connectivity index (χ3n) is 2.76. The number of benzene rings is 2. The molecule has 0 radical (unpaired) electrons. The highest BCUT2D eigenvalue weighted by Gasteiger charge is 2.05. The van der Waals surface area contributed by atoms with Gasteiger partial charge in [0.1, 0.15) is 10.8 Å². The van der Waals surface area contributed by atoms with Crippen molar-refractivity contribution >= 4 is 45.3 Å². The molecule has 0 aliphatic heterocycles. The smallest absolute Gasteiger partial charge is 0.231 e. The summed E-state index contributed by atoms with van der Waals surface area (Å²) in [7, 11) is 0. The van der Waals surface area contributed by atoms with Gasteiger partial charge in [0.2, 0.25) is 5.13 Å². The molecule has 0 saturated heterocycles. The molecule has 3 rings (SSSR count). The number of phenolic OH excluding ortho intramolecular Hbond substituents is 1. The van der Waals surface area contributed by atoms with E-state index in [1.807, 2.05) is 30.3 Å². The lowest BCUT2D eigenvalue weighted by molar-refractivity contribution is 0.474. The summed E-state index contributed by atoms with van der Waals surface area (Å²) in [6, 6.07) is 15.1. The summed E-state index contributed by atoms with van der Waals surface area (Å²) in [6.45, 7) is 0. The molecule has 0 bridgehead atoms. The Hall–Kier alpha value is -1.80. The van der Waals surface area contributed by atoms with E-state index in [2.05, 4.69) is 37.8 Å². The molecule has 0 unspecified atom stereocenters. The van der Waals surface area contributed by atoms with E-state index in [1.54, 1.807) is 24.4 Å². The van der Waals surface area contributed by atoms with E-state index in [0.717, 1.165) is 10.6 Å². The van der Waals surface area contributed by atoms with Crippen LogP contribution in [0.1, 0.15) is 5.56 Å². The molecular formula is C15H10IN3OS. The van der Waals surface area contributed by atoms with Gasteiger partial charge in [-0.15, -0.1) is 10.2 Å². The molecule has 0 fully saturated rings. The number of aromatic hydroxyl groups is 1. The number of hydrogen-bond donors (Lipinski definition) is 1. The summed E-state index contributed by atoms with van der Waals surface area (Å²) >= 11 is 3.68. The molecule has 2 aromatic carbocycles. The average molecular weight is 407 g/mol.